The number of aliphatic imine (C=N–C) groups is 1. The smallest absolute Gasteiger partial charge is 0.219 e. The van der Waals surface area contributed by atoms with Crippen LogP contribution >= 0.6 is 24.0 Å². The minimum absolute atomic E-state index is 0. The first-order valence-corrected chi connectivity index (χ1v) is 10.2. The van der Waals surface area contributed by atoms with Crippen molar-refractivity contribution >= 4 is 29.9 Å². The van der Waals surface area contributed by atoms with Gasteiger partial charge in [0.25, 0.3) is 0 Å². The summed E-state index contributed by atoms with van der Waals surface area (Å²) < 4.78 is 11.4. The highest BCUT2D eigenvalue weighted by Crippen LogP contribution is 2.30. The number of aromatic nitrogens is 1. The summed E-state index contributed by atoms with van der Waals surface area (Å²) in [6.07, 6.45) is 9.29. The van der Waals surface area contributed by atoms with E-state index in [4.69, 9.17) is 15.2 Å². The fourth-order valence-corrected chi connectivity index (χ4v) is 3.34. The maximum absolute atomic E-state index is 6.06. The van der Waals surface area contributed by atoms with Gasteiger partial charge in [-0.3, -0.25) is 0 Å². The van der Waals surface area contributed by atoms with Crippen molar-refractivity contribution in [3.05, 3.63) is 48.2 Å². The third kappa shape index (κ3) is 7.72. The summed E-state index contributed by atoms with van der Waals surface area (Å²) in [4.78, 5) is 8.83. The summed E-state index contributed by atoms with van der Waals surface area (Å²) >= 11 is 0. The van der Waals surface area contributed by atoms with Gasteiger partial charge in [-0.1, -0.05) is 43.9 Å². The lowest BCUT2D eigenvalue weighted by molar-refractivity contribution is 0.319. The molecule has 6 nitrogen and oxygen atoms in total. The van der Waals surface area contributed by atoms with Crippen LogP contribution in [0.5, 0.6) is 17.4 Å². The van der Waals surface area contributed by atoms with Crippen LogP contribution in [0.2, 0.25) is 0 Å². The Balaban J connectivity index is 0.00000300. The van der Waals surface area contributed by atoms with Crippen molar-refractivity contribution in [2.45, 2.75) is 58.0 Å². The molecule has 0 aliphatic heterocycles. The number of nitrogens with two attached hydrogens (primary N) is 1. The van der Waals surface area contributed by atoms with Gasteiger partial charge in [0.1, 0.15) is 0 Å². The Bertz CT molecular complexity index is 760. The third-order valence-electron chi connectivity index (χ3n) is 4.80. The lowest BCUT2D eigenvalue weighted by atomic mass is 10.1. The summed E-state index contributed by atoms with van der Waals surface area (Å²) in [5, 5.41) is 3.36. The molecular formula is C22H31IN4O2. The van der Waals surface area contributed by atoms with Crippen LogP contribution in [-0.4, -0.2) is 23.6 Å². The number of para-hydroxylation sites is 2. The molecule has 158 valence electrons. The summed E-state index contributed by atoms with van der Waals surface area (Å²) in [6, 6.07) is 11.8. The van der Waals surface area contributed by atoms with Gasteiger partial charge in [0, 0.05) is 18.3 Å². The van der Waals surface area contributed by atoms with Crippen LogP contribution in [0, 0.1) is 0 Å². The summed E-state index contributed by atoms with van der Waals surface area (Å²) in [6.45, 7) is 3.02. The van der Waals surface area contributed by atoms with Gasteiger partial charge in [0.15, 0.2) is 17.5 Å². The van der Waals surface area contributed by atoms with Crippen LogP contribution in [0.1, 0.15) is 51.0 Å². The quantitative estimate of drug-likeness (QED) is 0.237. The summed E-state index contributed by atoms with van der Waals surface area (Å²) in [5.74, 6) is 2.39. The number of nitrogens with zero attached hydrogens (tertiary/aromatic N) is 2. The molecule has 0 bridgehead atoms. The average Bonchev–Trinajstić information content (AvgIpc) is 2.98. The molecule has 1 saturated carbocycles. The Morgan fingerprint density at radius 2 is 1.83 bits per heavy atom. The molecule has 0 saturated heterocycles. The molecule has 0 unspecified atom stereocenters. The van der Waals surface area contributed by atoms with E-state index in [1.165, 1.54) is 38.5 Å². The number of ether oxygens (including phenoxy) is 2. The molecule has 0 amide bonds. The van der Waals surface area contributed by atoms with Gasteiger partial charge >= 0.3 is 0 Å². The number of halogens is 1. The van der Waals surface area contributed by atoms with E-state index in [9.17, 15) is 0 Å². The van der Waals surface area contributed by atoms with E-state index in [0.29, 0.717) is 42.5 Å². The van der Waals surface area contributed by atoms with E-state index in [0.717, 1.165) is 5.56 Å². The van der Waals surface area contributed by atoms with Gasteiger partial charge in [-0.15, -0.1) is 24.0 Å². The highest BCUT2D eigenvalue weighted by molar-refractivity contribution is 14.0. The standard InChI is InChI=1S/C22H30N4O2.HI/c1-2-27-19-11-7-8-12-20(19)28-21-14-13-17(15-24-21)16-25-22(23)26-18-9-5-3-4-6-10-18;/h7-8,11-15,18H,2-6,9-10,16H2,1H3,(H3,23,25,26);1H. The number of rotatable bonds is 7. The lowest BCUT2D eigenvalue weighted by Crippen LogP contribution is -2.39. The Morgan fingerprint density at radius 1 is 1.10 bits per heavy atom. The molecule has 3 N–H and O–H groups in total. The van der Waals surface area contributed by atoms with Crippen molar-refractivity contribution in [2.24, 2.45) is 10.7 Å². The van der Waals surface area contributed by atoms with Crippen LogP contribution < -0.4 is 20.5 Å². The van der Waals surface area contributed by atoms with Gasteiger partial charge in [-0.05, 0) is 37.5 Å². The van der Waals surface area contributed by atoms with Crippen molar-refractivity contribution in [2.75, 3.05) is 6.61 Å². The van der Waals surface area contributed by atoms with E-state index in [1.54, 1.807) is 6.20 Å². The van der Waals surface area contributed by atoms with Gasteiger partial charge in [0.2, 0.25) is 5.88 Å². The minimum atomic E-state index is 0. The Morgan fingerprint density at radius 3 is 2.48 bits per heavy atom. The molecule has 29 heavy (non-hydrogen) atoms. The van der Waals surface area contributed by atoms with Gasteiger partial charge < -0.3 is 20.5 Å². The second-order valence-electron chi connectivity index (χ2n) is 7.02. The highest BCUT2D eigenvalue weighted by Gasteiger charge is 2.12. The molecule has 1 fully saturated rings. The molecule has 1 heterocycles. The highest BCUT2D eigenvalue weighted by atomic mass is 127. The molecule has 0 spiro atoms. The van der Waals surface area contributed by atoms with Crippen LogP contribution in [-0.2, 0) is 6.54 Å². The predicted molar refractivity (Wildman–Crippen MR) is 127 cm³/mol. The zero-order chi connectivity index (χ0) is 19.6. The first-order valence-electron chi connectivity index (χ1n) is 10.2. The lowest BCUT2D eigenvalue weighted by Gasteiger charge is -2.16. The van der Waals surface area contributed by atoms with E-state index >= 15 is 0 Å². The molecule has 0 radical (unpaired) electrons. The largest absolute Gasteiger partial charge is 0.490 e. The maximum atomic E-state index is 6.06. The van der Waals surface area contributed by atoms with E-state index in [1.807, 2.05) is 43.3 Å². The number of hydrogen-bond donors (Lipinski definition) is 2. The van der Waals surface area contributed by atoms with E-state index in [-0.39, 0.29) is 24.0 Å². The number of nitrogens with one attached hydrogen (secondary N) is 1. The zero-order valence-corrected chi connectivity index (χ0v) is 19.3. The predicted octanol–water partition coefficient (Wildman–Crippen LogP) is 5.02. The van der Waals surface area contributed by atoms with Crippen LogP contribution in [0.4, 0.5) is 0 Å². The summed E-state index contributed by atoms with van der Waals surface area (Å²) in [5.41, 5.74) is 7.04. The number of pyridine rings is 1. The fourth-order valence-electron chi connectivity index (χ4n) is 3.34. The van der Waals surface area contributed by atoms with Gasteiger partial charge in [-0.2, -0.15) is 0 Å². The third-order valence-corrected chi connectivity index (χ3v) is 4.80. The topological polar surface area (TPSA) is 81.8 Å². The number of guanidine groups is 1. The fraction of sp³-hybridized carbons (Fsp3) is 0.455. The zero-order valence-electron chi connectivity index (χ0n) is 17.0. The van der Waals surface area contributed by atoms with Crippen molar-refractivity contribution in [3.8, 4) is 17.4 Å². The Labute approximate surface area is 190 Å². The molecule has 1 aromatic carbocycles. The van der Waals surface area contributed by atoms with Crippen molar-refractivity contribution in [1.29, 1.82) is 0 Å². The van der Waals surface area contributed by atoms with Crippen LogP contribution in [0.25, 0.3) is 0 Å². The molecular weight excluding hydrogens is 479 g/mol. The Hall–Kier alpha value is -2.03. The molecule has 1 aliphatic carbocycles. The van der Waals surface area contributed by atoms with Crippen molar-refractivity contribution in [3.63, 3.8) is 0 Å². The van der Waals surface area contributed by atoms with Crippen LogP contribution in [0.15, 0.2) is 47.6 Å². The molecule has 2 aromatic rings. The second-order valence-corrected chi connectivity index (χ2v) is 7.02. The van der Waals surface area contributed by atoms with Crippen molar-refractivity contribution < 1.29 is 9.47 Å². The minimum Gasteiger partial charge on any atom is -0.490 e. The Kier molecular flexibility index (Phi) is 10.0. The first kappa shape index (κ1) is 23.3. The van der Waals surface area contributed by atoms with Crippen LogP contribution in [0.3, 0.4) is 0 Å². The van der Waals surface area contributed by atoms with Gasteiger partial charge in [-0.25, -0.2) is 9.98 Å². The average molecular weight is 510 g/mol. The van der Waals surface area contributed by atoms with E-state index in [2.05, 4.69) is 15.3 Å². The molecule has 0 atom stereocenters. The summed E-state index contributed by atoms with van der Waals surface area (Å²) in [7, 11) is 0. The second kappa shape index (κ2) is 12.5. The number of hydrogen-bond acceptors (Lipinski definition) is 4. The van der Waals surface area contributed by atoms with Gasteiger partial charge in [0.05, 0.1) is 13.2 Å². The van der Waals surface area contributed by atoms with Crippen molar-refractivity contribution in [1.82, 2.24) is 10.3 Å². The maximum Gasteiger partial charge on any atom is 0.219 e. The molecule has 1 aromatic heterocycles. The monoisotopic (exact) mass is 510 g/mol. The SMILES string of the molecule is CCOc1ccccc1Oc1ccc(CN=C(N)NC2CCCCCC2)cn1.I. The number of benzene rings is 1. The first-order chi connectivity index (χ1) is 13.7. The molecule has 7 heteroatoms. The molecule has 3 rings (SSSR count). The van der Waals surface area contributed by atoms with E-state index < -0.39 is 0 Å². The molecule has 1 aliphatic rings. The normalized spacial score (nSPS) is 15.1.